The van der Waals surface area contributed by atoms with E-state index in [1.165, 1.54) is 0 Å². The van der Waals surface area contributed by atoms with Crippen LogP contribution in [-0.4, -0.2) is 57.9 Å². The number of hydrogen-bond acceptors (Lipinski definition) is 7. The van der Waals surface area contributed by atoms with Gasteiger partial charge in [-0.1, -0.05) is 65.8 Å². The second-order valence-electron chi connectivity index (χ2n) is 16.5. The largest absolute Gasteiger partial charge is 0.546 e. The molecule has 1 aliphatic carbocycles. The van der Waals surface area contributed by atoms with Crippen molar-refractivity contribution in [1.29, 1.82) is 0 Å². The van der Waals surface area contributed by atoms with Crippen molar-refractivity contribution in [2.24, 2.45) is 0 Å². The Bertz CT molecular complexity index is 2040. The van der Waals surface area contributed by atoms with Crippen molar-refractivity contribution in [1.82, 2.24) is 34.6 Å². The number of fused-ring (bicyclic) bond motifs is 2. The average Bonchev–Trinajstić information content (AvgIpc) is 3.84. The second kappa shape index (κ2) is 14.0. The van der Waals surface area contributed by atoms with Crippen LogP contribution >= 0.6 is 0 Å². The highest BCUT2D eigenvalue weighted by atomic mass is 28.3. The monoisotopic (exact) mass is 720 g/mol. The fourth-order valence-electron chi connectivity index (χ4n) is 7.00. The number of amides is 2. The molecule has 0 saturated carbocycles. The zero-order valence-corrected chi connectivity index (χ0v) is 32.8. The lowest BCUT2D eigenvalue weighted by atomic mass is 9.85. The highest BCUT2D eigenvalue weighted by Gasteiger charge is 2.31. The lowest BCUT2D eigenvalue weighted by Gasteiger charge is -2.32. The van der Waals surface area contributed by atoms with Crippen LogP contribution in [0.1, 0.15) is 108 Å². The van der Waals surface area contributed by atoms with Gasteiger partial charge < -0.3 is 14.5 Å². The predicted octanol–water partition coefficient (Wildman–Crippen LogP) is 8.29. The molecule has 5 aromatic rings. The number of hydrogen-bond donors (Lipinski definition) is 2. The number of nitrogens with zero attached hydrogens (tertiary/aromatic N) is 6. The smallest absolute Gasteiger partial charge is 0.320 e. The van der Waals surface area contributed by atoms with Crippen LogP contribution < -0.4 is 19.8 Å². The molecule has 12 heteroatoms. The van der Waals surface area contributed by atoms with Crippen molar-refractivity contribution in [2.75, 3.05) is 18.9 Å². The maximum absolute atomic E-state index is 13.7. The summed E-state index contributed by atoms with van der Waals surface area (Å²) in [5.41, 5.74) is 4.46. The van der Waals surface area contributed by atoms with Crippen molar-refractivity contribution in [3.63, 3.8) is 0 Å². The zero-order valence-electron chi connectivity index (χ0n) is 31.7. The Morgan fingerprint density at radius 1 is 0.904 bits per heavy atom. The molecular formula is C40H52N8O3Si. The third kappa shape index (κ3) is 7.45. The summed E-state index contributed by atoms with van der Waals surface area (Å²) in [7, 11) is 0.707. The van der Waals surface area contributed by atoms with Gasteiger partial charge in [-0.15, -0.1) is 10.2 Å². The van der Waals surface area contributed by atoms with Gasteiger partial charge in [0.25, 0.3) is 0 Å². The van der Waals surface area contributed by atoms with Crippen LogP contribution in [-0.2, 0) is 5.41 Å². The summed E-state index contributed by atoms with van der Waals surface area (Å²) in [6.45, 7) is 16.3. The summed E-state index contributed by atoms with van der Waals surface area (Å²) in [5, 5.41) is 20.4. The first-order valence-electron chi connectivity index (χ1n) is 18.5. The molecular weight excluding hydrogens is 669 g/mol. The van der Waals surface area contributed by atoms with Crippen molar-refractivity contribution in [3.05, 3.63) is 95.6 Å². The third-order valence-corrected chi connectivity index (χ3v) is 13.6. The molecule has 2 aromatic carbocycles. The number of carbonyl (C=O) groups excluding carboxylic acids is 1. The third-order valence-electron chi connectivity index (χ3n) is 10.6. The number of rotatable bonds is 8. The summed E-state index contributed by atoms with van der Waals surface area (Å²) < 4.78 is 16.9. The molecule has 0 bridgehead atoms. The number of likely N-dealkylation sites (tertiary alicyclic amines) is 1. The standard InChI is InChI=1S/C40H52N8O3Si/c1-39(2,3)34-24-36(48(45-34)26-15-17-27(18-16-26)51-52(8)40(4,5)6)42-38(49)41-31-20-21-33(30-13-10-9-12-29(30)31)50-28-19-22-35-43-44-37(47(35)25-28)32-14-11-23-46(32)7/h9-10,12-13,15-19,22,24-25,31-33,52H,11,14,20-21,23H2,1-8H3,(H2,41,42,49)/t31-,32-,33+,52?/m0/s1. The van der Waals surface area contributed by atoms with Crippen LogP contribution in [0.15, 0.2) is 72.9 Å². The fourth-order valence-corrected chi connectivity index (χ4v) is 7.92. The summed E-state index contributed by atoms with van der Waals surface area (Å²) in [6, 6.07) is 21.9. The zero-order chi connectivity index (χ0) is 36.8. The van der Waals surface area contributed by atoms with Crippen LogP contribution in [0.2, 0.25) is 11.6 Å². The quantitative estimate of drug-likeness (QED) is 0.155. The minimum atomic E-state index is -1.44. The first-order valence-corrected chi connectivity index (χ1v) is 20.7. The Labute approximate surface area is 308 Å². The van der Waals surface area contributed by atoms with E-state index in [-0.39, 0.29) is 34.7 Å². The van der Waals surface area contributed by atoms with Gasteiger partial charge in [-0.05, 0) is 98.4 Å². The fraction of sp³-hybridized carbons (Fsp3) is 0.450. The number of urea groups is 1. The van der Waals surface area contributed by atoms with Crippen molar-refractivity contribution in [3.8, 4) is 17.2 Å². The Morgan fingerprint density at radius 2 is 1.63 bits per heavy atom. The first kappa shape index (κ1) is 35.7. The van der Waals surface area contributed by atoms with Crippen LogP contribution in [0, 0.1) is 0 Å². The molecule has 274 valence electrons. The summed E-state index contributed by atoms with van der Waals surface area (Å²) >= 11 is 0. The van der Waals surface area contributed by atoms with E-state index in [9.17, 15) is 4.79 Å². The van der Waals surface area contributed by atoms with Gasteiger partial charge in [0.15, 0.2) is 11.5 Å². The SMILES string of the molecule is CN1CCC[C@H]1c1nnc2ccc(O[C@@H]3CC[C@H](NC(=O)Nc4cc(C(C)(C)C)nn4-c4ccc(O[SiH](C)C(C)(C)C)cc4)c4ccccc43)cn12. The minimum Gasteiger partial charge on any atom is -0.546 e. The second-order valence-corrected chi connectivity index (χ2v) is 19.7. The molecule has 4 atom stereocenters. The van der Waals surface area contributed by atoms with Crippen molar-refractivity contribution < 1.29 is 14.0 Å². The molecule has 2 aliphatic rings. The van der Waals surface area contributed by atoms with Gasteiger partial charge in [0.05, 0.1) is 29.7 Å². The number of benzene rings is 2. The molecule has 4 heterocycles. The number of anilines is 1. The maximum Gasteiger partial charge on any atom is 0.320 e. The van der Waals surface area contributed by atoms with E-state index in [1.807, 2.05) is 60.8 Å². The van der Waals surface area contributed by atoms with Gasteiger partial charge >= 0.3 is 6.03 Å². The molecule has 52 heavy (non-hydrogen) atoms. The number of carbonyl (C=O) groups is 1. The Morgan fingerprint density at radius 3 is 2.33 bits per heavy atom. The number of pyridine rings is 1. The lowest BCUT2D eigenvalue weighted by Crippen LogP contribution is -2.36. The van der Waals surface area contributed by atoms with Crippen LogP contribution in [0.4, 0.5) is 10.6 Å². The number of nitrogens with one attached hydrogen (secondary N) is 2. The molecule has 1 aliphatic heterocycles. The van der Waals surface area contributed by atoms with E-state index in [0.29, 0.717) is 5.82 Å². The molecule has 7 rings (SSSR count). The highest BCUT2D eigenvalue weighted by Crippen LogP contribution is 2.39. The molecule has 11 nitrogen and oxygen atoms in total. The lowest BCUT2D eigenvalue weighted by molar-refractivity contribution is 0.171. The van der Waals surface area contributed by atoms with Crippen LogP contribution in [0.3, 0.4) is 0 Å². The summed E-state index contributed by atoms with van der Waals surface area (Å²) in [6.07, 6.45) is 5.56. The number of aromatic nitrogens is 5. The molecule has 2 N–H and O–H groups in total. The predicted molar refractivity (Wildman–Crippen MR) is 207 cm³/mol. The topological polar surface area (TPSA) is 111 Å². The van der Waals surface area contributed by atoms with Gasteiger partial charge in [0.1, 0.15) is 23.4 Å². The van der Waals surface area contributed by atoms with E-state index >= 15 is 0 Å². The van der Waals surface area contributed by atoms with Gasteiger partial charge in [0, 0.05) is 11.5 Å². The first-order chi connectivity index (χ1) is 24.7. The van der Waals surface area contributed by atoms with E-state index in [2.05, 4.69) is 97.4 Å². The normalized spacial score (nSPS) is 20.0. The Hall–Kier alpha value is -4.68. The van der Waals surface area contributed by atoms with Gasteiger partial charge in [-0.2, -0.15) is 5.10 Å². The molecule has 2 amide bonds. The average molecular weight is 721 g/mol. The van der Waals surface area contributed by atoms with Gasteiger partial charge in [-0.25, -0.2) is 9.48 Å². The van der Waals surface area contributed by atoms with Crippen molar-refractivity contribution in [2.45, 2.75) is 102 Å². The maximum atomic E-state index is 13.7. The van der Waals surface area contributed by atoms with E-state index in [4.69, 9.17) is 14.3 Å². The van der Waals surface area contributed by atoms with E-state index in [0.717, 1.165) is 77.7 Å². The molecule has 1 fully saturated rings. The minimum absolute atomic E-state index is 0.152. The Balaban J connectivity index is 1.07. The molecule has 1 saturated heterocycles. The molecule has 1 unspecified atom stereocenters. The van der Waals surface area contributed by atoms with Crippen molar-refractivity contribution >= 4 is 26.5 Å². The number of ether oxygens (including phenoxy) is 1. The summed E-state index contributed by atoms with van der Waals surface area (Å²) in [4.78, 5) is 16.0. The molecule has 3 aromatic heterocycles. The van der Waals surface area contributed by atoms with Gasteiger partial charge in [-0.3, -0.25) is 14.6 Å². The molecule has 0 spiro atoms. The highest BCUT2D eigenvalue weighted by molar-refractivity contribution is 6.54. The van der Waals surface area contributed by atoms with Crippen LogP contribution in [0.5, 0.6) is 11.5 Å². The van der Waals surface area contributed by atoms with Gasteiger partial charge in [0.2, 0.25) is 9.04 Å². The van der Waals surface area contributed by atoms with Crippen LogP contribution in [0.25, 0.3) is 11.3 Å². The summed E-state index contributed by atoms with van der Waals surface area (Å²) in [5.74, 6) is 3.18. The Kier molecular flexibility index (Phi) is 9.64. The van der Waals surface area contributed by atoms with E-state index < -0.39 is 9.04 Å². The van der Waals surface area contributed by atoms with E-state index in [1.54, 1.807) is 4.68 Å². The molecule has 0 radical (unpaired) electrons.